The first kappa shape index (κ1) is 14.5. The maximum absolute atomic E-state index is 11.1. The maximum Gasteiger partial charge on any atom is 0.305 e. The lowest BCUT2D eigenvalue weighted by molar-refractivity contribution is -0.140. The van der Waals surface area contributed by atoms with Gasteiger partial charge in [-0.3, -0.25) is 4.79 Å². The SMILES string of the molecule is COC(=O)CCC(N)C1CCC(C(C)C)CC1. The van der Waals surface area contributed by atoms with E-state index in [0.717, 1.165) is 18.3 Å². The lowest BCUT2D eigenvalue weighted by atomic mass is 9.74. The molecular formula is C14H27NO2. The summed E-state index contributed by atoms with van der Waals surface area (Å²) in [5, 5.41) is 0. The lowest BCUT2D eigenvalue weighted by Gasteiger charge is -2.33. The third kappa shape index (κ3) is 4.66. The van der Waals surface area contributed by atoms with Gasteiger partial charge in [0.2, 0.25) is 0 Å². The molecule has 100 valence electrons. The van der Waals surface area contributed by atoms with Gasteiger partial charge >= 0.3 is 5.97 Å². The highest BCUT2D eigenvalue weighted by molar-refractivity contribution is 5.69. The van der Waals surface area contributed by atoms with Crippen LogP contribution in [0.5, 0.6) is 0 Å². The number of carbonyl (C=O) groups excluding carboxylic acids is 1. The smallest absolute Gasteiger partial charge is 0.305 e. The quantitative estimate of drug-likeness (QED) is 0.753. The van der Waals surface area contributed by atoms with Crippen molar-refractivity contribution >= 4 is 5.97 Å². The minimum Gasteiger partial charge on any atom is -0.469 e. The zero-order valence-electron chi connectivity index (χ0n) is 11.4. The van der Waals surface area contributed by atoms with E-state index in [1.807, 2.05) is 0 Å². The second kappa shape index (κ2) is 7.00. The Balaban J connectivity index is 2.26. The average Bonchev–Trinajstić information content (AvgIpc) is 2.35. The van der Waals surface area contributed by atoms with Gasteiger partial charge in [0.1, 0.15) is 0 Å². The summed E-state index contributed by atoms with van der Waals surface area (Å²) in [6.07, 6.45) is 6.28. The van der Waals surface area contributed by atoms with Crippen molar-refractivity contribution in [1.82, 2.24) is 0 Å². The molecule has 2 N–H and O–H groups in total. The molecule has 1 aliphatic carbocycles. The number of hydrogen-bond donors (Lipinski definition) is 1. The van der Waals surface area contributed by atoms with Crippen LogP contribution in [0, 0.1) is 17.8 Å². The first-order valence-corrected chi connectivity index (χ1v) is 6.87. The van der Waals surface area contributed by atoms with Crippen molar-refractivity contribution < 1.29 is 9.53 Å². The molecule has 0 bridgehead atoms. The summed E-state index contributed by atoms with van der Waals surface area (Å²) in [7, 11) is 1.43. The van der Waals surface area contributed by atoms with Crippen molar-refractivity contribution in [2.45, 2.75) is 58.4 Å². The highest BCUT2D eigenvalue weighted by Gasteiger charge is 2.27. The highest BCUT2D eigenvalue weighted by atomic mass is 16.5. The van der Waals surface area contributed by atoms with Crippen molar-refractivity contribution in [2.24, 2.45) is 23.5 Å². The third-order valence-electron chi connectivity index (χ3n) is 4.27. The summed E-state index contributed by atoms with van der Waals surface area (Å²) in [6, 6.07) is 0.169. The number of ether oxygens (including phenoxy) is 1. The Labute approximate surface area is 105 Å². The average molecular weight is 241 g/mol. The van der Waals surface area contributed by atoms with Gasteiger partial charge in [-0.2, -0.15) is 0 Å². The standard InChI is InChI=1S/C14H27NO2/c1-10(2)11-4-6-12(7-5-11)13(15)8-9-14(16)17-3/h10-13H,4-9,15H2,1-3H3. The second-order valence-corrected chi connectivity index (χ2v) is 5.70. The van der Waals surface area contributed by atoms with E-state index in [2.05, 4.69) is 18.6 Å². The highest BCUT2D eigenvalue weighted by Crippen LogP contribution is 2.35. The Hall–Kier alpha value is -0.570. The normalized spacial score (nSPS) is 26.9. The molecule has 1 unspecified atom stereocenters. The first-order valence-electron chi connectivity index (χ1n) is 6.87. The van der Waals surface area contributed by atoms with E-state index in [4.69, 9.17) is 5.73 Å². The van der Waals surface area contributed by atoms with E-state index in [1.54, 1.807) is 0 Å². The van der Waals surface area contributed by atoms with Crippen molar-refractivity contribution in [3.05, 3.63) is 0 Å². The molecule has 0 aromatic carbocycles. The van der Waals surface area contributed by atoms with Gasteiger partial charge in [0.15, 0.2) is 0 Å². The van der Waals surface area contributed by atoms with Crippen LogP contribution in [0.25, 0.3) is 0 Å². The molecule has 0 amide bonds. The molecule has 0 heterocycles. The second-order valence-electron chi connectivity index (χ2n) is 5.70. The van der Waals surface area contributed by atoms with E-state index in [9.17, 15) is 4.79 Å². The Kier molecular flexibility index (Phi) is 5.96. The third-order valence-corrected chi connectivity index (χ3v) is 4.27. The molecule has 3 heteroatoms. The Morgan fingerprint density at radius 3 is 2.24 bits per heavy atom. The molecule has 1 saturated carbocycles. The van der Waals surface area contributed by atoms with Crippen LogP contribution in [0.15, 0.2) is 0 Å². The summed E-state index contributed by atoms with van der Waals surface area (Å²) < 4.78 is 4.64. The van der Waals surface area contributed by atoms with E-state index in [-0.39, 0.29) is 12.0 Å². The minimum absolute atomic E-state index is 0.142. The van der Waals surface area contributed by atoms with E-state index >= 15 is 0 Å². The van der Waals surface area contributed by atoms with E-state index in [1.165, 1.54) is 32.8 Å². The molecule has 0 aromatic heterocycles. The van der Waals surface area contributed by atoms with Crippen molar-refractivity contribution in [1.29, 1.82) is 0 Å². The fourth-order valence-corrected chi connectivity index (χ4v) is 2.86. The Morgan fingerprint density at radius 1 is 1.24 bits per heavy atom. The van der Waals surface area contributed by atoms with Gasteiger partial charge in [-0.25, -0.2) is 0 Å². The Bertz CT molecular complexity index is 232. The molecule has 0 radical (unpaired) electrons. The van der Waals surface area contributed by atoms with Crippen LogP contribution >= 0.6 is 0 Å². The molecule has 1 fully saturated rings. The van der Waals surface area contributed by atoms with Gasteiger partial charge in [0.05, 0.1) is 7.11 Å². The summed E-state index contributed by atoms with van der Waals surface area (Å²) in [4.78, 5) is 11.1. The van der Waals surface area contributed by atoms with Crippen LogP contribution in [0.2, 0.25) is 0 Å². The molecule has 1 rings (SSSR count). The predicted octanol–water partition coefficient (Wildman–Crippen LogP) is 2.73. The van der Waals surface area contributed by atoms with E-state index in [0.29, 0.717) is 12.3 Å². The molecule has 0 spiro atoms. The van der Waals surface area contributed by atoms with Crippen molar-refractivity contribution in [3.63, 3.8) is 0 Å². The monoisotopic (exact) mass is 241 g/mol. The van der Waals surface area contributed by atoms with Crippen molar-refractivity contribution in [3.8, 4) is 0 Å². The Morgan fingerprint density at radius 2 is 1.76 bits per heavy atom. The van der Waals surface area contributed by atoms with Gasteiger partial charge in [0, 0.05) is 12.5 Å². The molecule has 1 atom stereocenters. The number of nitrogens with two attached hydrogens (primary N) is 1. The largest absolute Gasteiger partial charge is 0.469 e. The van der Waals surface area contributed by atoms with Gasteiger partial charge in [0.25, 0.3) is 0 Å². The first-order chi connectivity index (χ1) is 8.04. The lowest BCUT2D eigenvalue weighted by Crippen LogP contribution is -2.34. The topological polar surface area (TPSA) is 52.3 Å². The molecule has 0 aromatic rings. The summed E-state index contributed by atoms with van der Waals surface area (Å²) >= 11 is 0. The zero-order valence-corrected chi connectivity index (χ0v) is 11.4. The van der Waals surface area contributed by atoms with Crippen LogP contribution in [0.1, 0.15) is 52.4 Å². The maximum atomic E-state index is 11.1. The molecule has 3 nitrogen and oxygen atoms in total. The van der Waals surface area contributed by atoms with Crippen LogP contribution in [0.3, 0.4) is 0 Å². The van der Waals surface area contributed by atoms with Gasteiger partial charge in [-0.15, -0.1) is 0 Å². The summed E-state index contributed by atoms with van der Waals surface area (Å²) in [6.45, 7) is 4.62. The molecular weight excluding hydrogens is 214 g/mol. The van der Waals surface area contributed by atoms with Gasteiger partial charge in [-0.05, 0) is 49.9 Å². The van der Waals surface area contributed by atoms with Crippen LogP contribution < -0.4 is 5.73 Å². The molecule has 0 aliphatic heterocycles. The van der Waals surface area contributed by atoms with Crippen LogP contribution in [-0.2, 0) is 9.53 Å². The molecule has 1 aliphatic rings. The minimum atomic E-state index is -0.142. The number of methoxy groups -OCH3 is 1. The number of esters is 1. The fraction of sp³-hybridized carbons (Fsp3) is 0.929. The summed E-state index contributed by atoms with van der Waals surface area (Å²) in [5.41, 5.74) is 6.17. The fourth-order valence-electron chi connectivity index (χ4n) is 2.86. The van der Waals surface area contributed by atoms with E-state index < -0.39 is 0 Å². The van der Waals surface area contributed by atoms with Crippen LogP contribution in [-0.4, -0.2) is 19.1 Å². The number of rotatable bonds is 5. The predicted molar refractivity (Wildman–Crippen MR) is 69.5 cm³/mol. The van der Waals surface area contributed by atoms with Crippen molar-refractivity contribution in [2.75, 3.05) is 7.11 Å². The van der Waals surface area contributed by atoms with Gasteiger partial charge < -0.3 is 10.5 Å². The molecule has 17 heavy (non-hydrogen) atoms. The zero-order chi connectivity index (χ0) is 12.8. The molecule has 0 saturated heterocycles. The van der Waals surface area contributed by atoms with Crippen LogP contribution in [0.4, 0.5) is 0 Å². The summed E-state index contributed by atoms with van der Waals surface area (Å²) in [5.74, 6) is 2.13. The number of carbonyl (C=O) groups is 1. The number of hydrogen-bond acceptors (Lipinski definition) is 3. The van der Waals surface area contributed by atoms with Gasteiger partial charge in [-0.1, -0.05) is 13.8 Å².